The van der Waals surface area contributed by atoms with E-state index in [1.165, 1.54) is 7.11 Å². The Bertz CT molecular complexity index is 768. The molecule has 0 radical (unpaired) electrons. The van der Waals surface area contributed by atoms with Gasteiger partial charge in [0, 0.05) is 27.4 Å². The van der Waals surface area contributed by atoms with Crippen LogP contribution in [0.4, 0.5) is 5.69 Å². The molecule has 5 heteroatoms. The number of rotatable bonds is 2. The number of methoxy groups -OCH3 is 1. The number of benzene rings is 2. The number of carbonyl (C=O) groups is 1. The van der Waals surface area contributed by atoms with E-state index in [4.69, 9.17) is 16.3 Å². The zero-order valence-corrected chi connectivity index (χ0v) is 11.9. The first-order chi connectivity index (χ1) is 10.1. The highest BCUT2D eigenvalue weighted by atomic mass is 35.5. The van der Waals surface area contributed by atoms with Crippen molar-refractivity contribution >= 4 is 34.8 Å². The first-order valence-electron chi connectivity index (χ1n) is 6.29. The van der Waals surface area contributed by atoms with E-state index in [2.05, 4.69) is 5.32 Å². The normalized spacial score (nSPS) is 15.0. The third kappa shape index (κ3) is 2.34. The molecule has 0 fully saturated rings. The van der Waals surface area contributed by atoms with E-state index >= 15 is 0 Å². The van der Waals surface area contributed by atoms with Crippen LogP contribution in [0.15, 0.2) is 36.4 Å². The lowest BCUT2D eigenvalue weighted by Crippen LogP contribution is -2.03. The van der Waals surface area contributed by atoms with Crippen LogP contribution in [-0.2, 0) is 4.79 Å². The van der Waals surface area contributed by atoms with Crippen molar-refractivity contribution in [1.29, 1.82) is 0 Å². The van der Waals surface area contributed by atoms with Crippen LogP contribution in [-0.4, -0.2) is 18.1 Å². The van der Waals surface area contributed by atoms with Gasteiger partial charge in [0.2, 0.25) is 0 Å². The van der Waals surface area contributed by atoms with Gasteiger partial charge in [-0.3, -0.25) is 4.79 Å². The Labute approximate surface area is 126 Å². The smallest absolute Gasteiger partial charge is 0.256 e. The maximum atomic E-state index is 12.1. The number of fused-ring (bicyclic) bond motifs is 1. The summed E-state index contributed by atoms with van der Waals surface area (Å²) in [5.74, 6) is 0.124. The van der Waals surface area contributed by atoms with E-state index in [0.717, 1.165) is 5.56 Å². The Kier molecular flexibility index (Phi) is 3.31. The standard InChI is InChI=1S/C16H12ClNO3/c1-21-14-4-2-3-9(15(14)19)7-12-11-8-10(17)5-6-13(11)18-16(12)20/h2-8,19H,1H3,(H,18,20)/b12-7-. The number of hydrogen-bond acceptors (Lipinski definition) is 3. The van der Waals surface area contributed by atoms with E-state index in [0.29, 0.717) is 27.6 Å². The topological polar surface area (TPSA) is 58.6 Å². The average Bonchev–Trinajstić information content (AvgIpc) is 2.77. The molecule has 1 amide bonds. The van der Waals surface area contributed by atoms with E-state index < -0.39 is 0 Å². The van der Waals surface area contributed by atoms with E-state index in [1.54, 1.807) is 42.5 Å². The van der Waals surface area contributed by atoms with Crippen LogP contribution in [0, 0.1) is 0 Å². The van der Waals surface area contributed by atoms with Crippen molar-refractivity contribution in [2.45, 2.75) is 0 Å². The molecule has 0 unspecified atom stereocenters. The molecule has 4 nitrogen and oxygen atoms in total. The van der Waals surface area contributed by atoms with Crippen LogP contribution in [0.1, 0.15) is 11.1 Å². The first-order valence-corrected chi connectivity index (χ1v) is 6.67. The third-order valence-corrected chi connectivity index (χ3v) is 3.55. The summed E-state index contributed by atoms with van der Waals surface area (Å²) in [6.45, 7) is 0. The minimum atomic E-state index is -0.227. The second-order valence-electron chi connectivity index (χ2n) is 4.60. The Hall–Kier alpha value is -2.46. The molecule has 0 aliphatic carbocycles. The van der Waals surface area contributed by atoms with Crippen LogP contribution in [0.5, 0.6) is 11.5 Å². The monoisotopic (exact) mass is 301 g/mol. The fraction of sp³-hybridized carbons (Fsp3) is 0.0625. The van der Waals surface area contributed by atoms with Crippen molar-refractivity contribution in [1.82, 2.24) is 0 Å². The van der Waals surface area contributed by atoms with Crippen LogP contribution in [0.2, 0.25) is 5.02 Å². The molecule has 0 saturated carbocycles. The number of para-hydroxylation sites is 1. The van der Waals surface area contributed by atoms with E-state index in [9.17, 15) is 9.90 Å². The van der Waals surface area contributed by atoms with Gasteiger partial charge in [-0.1, -0.05) is 23.7 Å². The molecule has 0 atom stereocenters. The summed E-state index contributed by atoms with van der Waals surface area (Å²) in [6.07, 6.45) is 1.62. The second-order valence-corrected chi connectivity index (χ2v) is 5.04. The zero-order valence-electron chi connectivity index (χ0n) is 11.2. The second kappa shape index (κ2) is 5.14. The van der Waals surface area contributed by atoms with E-state index in [1.807, 2.05) is 0 Å². The fourth-order valence-electron chi connectivity index (χ4n) is 2.28. The zero-order chi connectivity index (χ0) is 15.0. The highest BCUT2D eigenvalue weighted by molar-refractivity contribution is 6.36. The predicted molar refractivity (Wildman–Crippen MR) is 82.6 cm³/mol. The molecule has 0 spiro atoms. The number of nitrogens with one attached hydrogen (secondary N) is 1. The number of aromatic hydroxyl groups is 1. The van der Waals surface area contributed by atoms with Crippen LogP contribution >= 0.6 is 11.6 Å². The predicted octanol–water partition coefficient (Wildman–Crippen LogP) is 3.55. The van der Waals surface area contributed by atoms with Crippen molar-refractivity contribution in [3.8, 4) is 11.5 Å². The lowest BCUT2D eigenvalue weighted by atomic mass is 10.0. The summed E-state index contributed by atoms with van der Waals surface area (Å²) >= 11 is 5.98. The van der Waals surface area contributed by atoms with Crippen molar-refractivity contribution in [2.24, 2.45) is 0 Å². The minimum absolute atomic E-state index is 0.00391. The lowest BCUT2D eigenvalue weighted by Gasteiger charge is -2.06. The van der Waals surface area contributed by atoms with Gasteiger partial charge in [-0.05, 0) is 30.3 Å². The van der Waals surface area contributed by atoms with Gasteiger partial charge in [-0.25, -0.2) is 0 Å². The van der Waals surface area contributed by atoms with Crippen LogP contribution in [0.25, 0.3) is 11.6 Å². The van der Waals surface area contributed by atoms with Crippen LogP contribution in [0.3, 0.4) is 0 Å². The SMILES string of the molecule is COc1cccc(/C=C2\C(=O)Nc3ccc(Cl)cc32)c1O. The molecule has 2 aromatic rings. The van der Waals surface area contributed by atoms with Gasteiger partial charge < -0.3 is 15.2 Å². The van der Waals surface area contributed by atoms with Gasteiger partial charge in [0.25, 0.3) is 5.91 Å². The summed E-state index contributed by atoms with van der Waals surface area (Å²) < 4.78 is 5.06. The molecule has 1 aliphatic heterocycles. The average molecular weight is 302 g/mol. The maximum absolute atomic E-state index is 12.1. The largest absolute Gasteiger partial charge is 0.504 e. The van der Waals surface area contributed by atoms with Gasteiger partial charge in [0.1, 0.15) is 0 Å². The van der Waals surface area contributed by atoms with Crippen LogP contribution < -0.4 is 10.1 Å². The summed E-state index contributed by atoms with van der Waals surface area (Å²) in [4.78, 5) is 12.1. The highest BCUT2D eigenvalue weighted by Crippen LogP contribution is 2.37. The number of halogens is 1. The molecule has 1 aliphatic rings. The van der Waals surface area contributed by atoms with Crippen molar-refractivity contribution in [3.05, 3.63) is 52.5 Å². The van der Waals surface area contributed by atoms with Crippen molar-refractivity contribution in [3.63, 3.8) is 0 Å². The molecular formula is C16H12ClNO3. The maximum Gasteiger partial charge on any atom is 0.256 e. The number of phenolic OH excluding ortho intramolecular Hbond substituents is 1. The molecule has 0 aromatic heterocycles. The number of ether oxygens (including phenoxy) is 1. The van der Waals surface area contributed by atoms with Gasteiger partial charge in [-0.2, -0.15) is 0 Å². The molecule has 0 bridgehead atoms. The molecule has 2 N–H and O–H groups in total. The summed E-state index contributed by atoms with van der Waals surface area (Å²) in [7, 11) is 1.48. The molecule has 1 heterocycles. The Balaban J connectivity index is 2.13. The van der Waals surface area contributed by atoms with Gasteiger partial charge in [0.15, 0.2) is 11.5 Å². The summed E-state index contributed by atoms with van der Waals surface area (Å²) in [6, 6.07) is 10.3. The molecule has 2 aromatic carbocycles. The molecule has 21 heavy (non-hydrogen) atoms. The fourth-order valence-corrected chi connectivity index (χ4v) is 2.45. The number of anilines is 1. The van der Waals surface area contributed by atoms with Crippen molar-refractivity contribution < 1.29 is 14.6 Å². The molecule has 3 rings (SSSR count). The highest BCUT2D eigenvalue weighted by Gasteiger charge is 2.24. The van der Waals surface area contributed by atoms with Gasteiger partial charge in [0.05, 0.1) is 7.11 Å². The first kappa shape index (κ1) is 13.5. The molecular weight excluding hydrogens is 290 g/mol. The quantitative estimate of drug-likeness (QED) is 0.834. The Morgan fingerprint density at radius 2 is 2.10 bits per heavy atom. The number of phenols is 1. The number of amides is 1. The molecule has 106 valence electrons. The summed E-state index contributed by atoms with van der Waals surface area (Å²) in [5.41, 5.74) is 2.39. The lowest BCUT2D eigenvalue weighted by molar-refractivity contribution is -0.110. The Morgan fingerprint density at radius 1 is 1.29 bits per heavy atom. The number of hydrogen-bond donors (Lipinski definition) is 2. The molecule has 0 saturated heterocycles. The summed E-state index contributed by atoms with van der Waals surface area (Å²) in [5, 5.41) is 13.4. The minimum Gasteiger partial charge on any atom is -0.504 e. The van der Waals surface area contributed by atoms with E-state index in [-0.39, 0.29) is 11.7 Å². The van der Waals surface area contributed by atoms with Gasteiger partial charge in [-0.15, -0.1) is 0 Å². The number of carbonyl (C=O) groups excluding carboxylic acids is 1. The van der Waals surface area contributed by atoms with Crippen molar-refractivity contribution in [2.75, 3.05) is 12.4 Å². The Morgan fingerprint density at radius 3 is 2.86 bits per heavy atom. The van der Waals surface area contributed by atoms with Gasteiger partial charge >= 0.3 is 0 Å². The third-order valence-electron chi connectivity index (χ3n) is 3.31.